The molecule has 2 rings (SSSR count). The average molecular weight is 295 g/mol. The standard InChI is InChI=1S/C14H15ClN2OS/c1-9(11-6-13(15)19-8-11)17-12-5-3-2-4-10(12)7-14(16)18/h2-6,8-9,17H,7H2,1H3,(H2,16,18). The largest absolute Gasteiger partial charge is 0.378 e. The van der Waals surface area contributed by atoms with E-state index in [0.717, 1.165) is 21.2 Å². The van der Waals surface area contributed by atoms with Gasteiger partial charge in [0.2, 0.25) is 5.91 Å². The van der Waals surface area contributed by atoms with Crippen molar-refractivity contribution in [1.29, 1.82) is 0 Å². The highest BCUT2D eigenvalue weighted by molar-refractivity contribution is 7.14. The van der Waals surface area contributed by atoms with Crippen LogP contribution in [-0.4, -0.2) is 5.91 Å². The van der Waals surface area contributed by atoms with Crippen LogP contribution in [-0.2, 0) is 11.2 Å². The minimum absolute atomic E-state index is 0.123. The molecule has 0 saturated carbocycles. The second-order valence-corrected chi connectivity index (χ2v) is 5.89. The zero-order chi connectivity index (χ0) is 13.8. The van der Waals surface area contributed by atoms with Gasteiger partial charge in [-0.2, -0.15) is 0 Å². The van der Waals surface area contributed by atoms with E-state index in [-0.39, 0.29) is 18.4 Å². The first-order chi connectivity index (χ1) is 9.06. The van der Waals surface area contributed by atoms with Gasteiger partial charge in [-0.3, -0.25) is 4.79 Å². The molecule has 1 amide bonds. The van der Waals surface area contributed by atoms with Gasteiger partial charge in [-0.25, -0.2) is 0 Å². The fourth-order valence-electron chi connectivity index (χ4n) is 1.87. The number of rotatable bonds is 5. The topological polar surface area (TPSA) is 55.1 Å². The molecule has 1 heterocycles. The van der Waals surface area contributed by atoms with Gasteiger partial charge in [0.1, 0.15) is 0 Å². The van der Waals surface area contributed by atoms with E-state index in [1.165, 1.54) is 11.3 Å². The van der Waals surface area contributed by atoms with Crippen molar-refractivity contribution in [2.75, 3.05) is 5.32 Å². The summed E-state index contributed by atoms with van der Waals surface area (Å²) in [6, 6.07) is 9.75. The first-order valence-corrected chi connectivity index (χ1v) is 7.18. The van der Waals surface area contributed by atoms with E-state index in [4.69, 9.17) is 17.3 Å². The van der Waals surface area contributed by atoms with Crippen LogP contribution in [0.3, 0.4) is 0 Å². The van der Waals surface area contributed by atoms with E-state index in [1.807, 2.05) is 35.7 Å². The molecule has 2 aromatic rings. The lowest BCUT2D eigenvalue weighted by Crippen LogP contribution is -2.15. The minimum atomic E-state index is -0.333. The van der Waals surface area contributed by atoms with Crippen LogP contribution in [0.4, 0.5) is 5.69 Å². The molecule has 0 saturated heterocycles. The number of amides is 1. The second kappa shape index (κ2) is 6.08. The van der Waals surface area contributed by atoms with Crippen molar-refractivity contribution < 1.29 is 4.79 Å². The number of thiophene rings is 1. The fourth-order valence-corrected chi connectivity index (χ4v) is 2.85. The summed E-state index contributed by atoms with van der Waals surface area (Å²) >= 11 is 7.45. The van der Waals surface area contributed by atoms with Crippen LogP contribution in [0.2, 0.25) is 4.34 Å². The zero-order valence-electron chi connectivity index (χ0n) is 10.5. The Morgan fingerprint density at radius 1 is 1.47 bits per heavy atom. The molecule has 3 nitrogen and oxygen atoms in total. The molecule has 0 aliphatic heterocycles. The van der Waals surface area contributed by atoms with Crippen molar-refractivity contribution in [2.24, 2.45) is 5.73 Å². The molecule has 100 valence electrons. The van der Waals surface area contributed by atoms with Gasteiger partial charge in [0.15, 0.2) is 0 Å². The first kappa shape index (κ1) is 13.9. The predicted octanol–water partition coefficient (Wildman–Crippen LogP) is 3.60. The summed E-state index contributed by atoms with van der Waals surface area (Å²) in [5.74, 6) is -0.333. The Morgan fingerprint density at radius 3 is 2.84 bits per heavy atom. The molecule has 19 heavy (non-hydrogen) atoms. The molecule has 0 fully saturated rings. The third kappa shape index (κ3) is 3.72. The van der Waals surface area contributed by atoms with Gasteiger partial charge < -0.3 is 11.1 Å². The number of anilines is 1. The maximum absolute atomic E-state index is 11.1. The van der Waals surface area contributed by atoms with E-state index in [1.54, 1.807) is 0 Å². The molecule has 0 radical (unpaired) electrons. The summed E-state index contributed by atoms with van der Waals surface area (Å²) in [6.07, 6.45) is 0.236. The van der Waals surface area contributed by atoms with Gasteiger partial charge in [0.05, 0.1) is 10.8 Å². The molecule has 5 heteroatoms. The average Bonchev–Trinajstić information content (AvgIpc) is 2.78. The normalized spacial score (nSPS) is 12.1. The van der Waals surface area contributed by atoms with Crippen molar-refractivity contribution >= 4 is 34.5 Å². The monoisotopic (exact) mass is 294 g/mol. The molecule has 0 spiro atoms. The third-order valence-electron chi connectivity index (χ3n) is 2.84. The van der Waals surface area contributed by atoms with E-state index >= 15 is 0 Å². The molecule has 1 atom stereocenters. The van der Waals surface area contributed by atoms with Gasteiger partial charge in [-0.1, -0.05) is 29.8 Å². The summed E-state index contributed by atoms with van der Waals surface area (Å²) in [4.78, 5) is 11.1. The number of nitrogens with two attached hydrogens (primary N) is 1. The lowest BCUT2D eigenvalue weighted by molar-refractivity contribution is -0.117. The van der Waals surface area contributed by atoms with Crippen LogP contribution < -0.4 is 11.1 Å². The maximum Gasteiger partial charge on any atom is 0.221 e. The van der Waals surface area contributed by atoms with Gasteiger partial charge in [0, 0.05) is 11.7 Å². The number of carbonyl (C=O) groups excluding carboxylic acids is 1. The summed E-state index contributed by atoms with van der Waals surface area (Å²) in [5.41, 5.74) is 8.22. The number of primary amides is 1. The highest BCUT2D eigenvalue weighted by atomic mass is 35.5. The lowest BCUT2D eigenvalue weighted by atomic mass is 10.1. The van der Waals surface area contributed by atoms with Crippen molar-refractivity contribution in [3.63, 3.8) is 0 Å². The first-order valence-electron chi connectivity index (χ1n) is 5.93. The molecule has 1 aromatic carbocycles. The van der Waals surface area contributed by atoms with Crippen molar-refractivity contribution in [3.05, 3.63) is 51.2 Å². The smallest absolute Gasteiger partial charge is 0.221 e. The van der Waals surface area contributed by atoms with Crippen LogP contribution >= 0.6 is 22.9 Å². The van der Waals surface area contributed by atoms with Crippen LogP contribution in [0.5, 0.6) is 0 Å². The van der Waals surface area contributed by atoms with Gasteiger partial charge >= 0.3 is 0 Å². The molecule has 3 N–H and O–H groups in total. The van der Waals surface area contributed by atoms with Crippen LogP contribution in [0.1, 0.15) is 24.1 Å². The Bertz CT molecular complexity index is 582. The van der Waals surface area contributed by atoms with Crippen LogP contribution in [0.25, 0.3) is 0 Å². The molecular formula is C14H15ClN2OS. The second-order valence-electron chi connectivity index (χ2n) is 4.35. The molecule has 0 aliphatic carbocycles. The lowest BCUT2D eigenvalue weighted by Gasteiger charge is -2.17. The fraction of sp³-hybridized carbons (Fsp3) is 0.214. The zero-order valence-corrected chi connectivity index (χ0v) is 12.1. The molecular weight excluding hydrogens is 280 g/mol. The van der Waals surface area contributed by atoms with Crippen molar-refractivity contribution in [1.82, 2.24) is 0 Å². The summed E-state index contributed by atoms with van der Waals surface area (Å²) in [5, 5.41) is 5.41. The Balaban J connectivity index is 2.16. The van der Waals surface area contributed by atoms with Crippen LogP contribution in [0.15, 0.2) is 35.7 Å². The molecule has 1 aromatic heterocycles. The Morgan fingerprint density at radius 2 is 2.21 bits per heavy atom. The third-order valence-corrected chi connectivity index (χ3v) is 3.95. The maximum atomic E-state index is 11.1. The predicted molar refractivity (Wildman–Crippen MR) is 80.7 cm³/mol. The number of benzene rings is 1. The van der Waals surface area contributed by atoms with E-state index in [0.29, 0.717) is 0 Å². The quantitative estimate of drug-likeness (QED) is 0.885. The van der Waals surface area contributed by atoms with E-state index in [2.05, 4.69) is 12.2 Å². The number of carbonyl (C=O) groups is 1. The highest BCUT2D eigenvalue weighted by Gasteiger charge is 2.10. The Kier molecular flexibility index (Phi) is 4.45. The van der Waals surface area contributed by atoms with Crippen molar-refractivity contribution in [2.45, 2.75) is 19.4 Å². The summed E-state index contributed by atoms with van der Waals surface area (Å²) < 4.78 is 0.772. The molecule has 0 aliphatic rings. The highest BCUT2D eigenvalue weighted by Crippen LogP contribution is 2.28. The summed E-state index contributed by atoms with van der Waals surface area (Å²) in [7, 11) is 0. The Labute approximate surface area is 121 Å². The minimum Gasteiger partial charge on any atom is -0.378 e. The number of para-hydroxylation sites is 1. The number of nitrogens with one attached hydrogen (secondary N) is 1. The number of halogens is 1. The van der Waals surface area contributed by atoms with Gasteiger partial charge in [-0.05, 0) is 35.6 Å². The van der Waals surface area contributed by atoms with E-state index < -0.39 is 0 Å². The van der Waals surface area contributed by atoms with Crippen LogP contribution in [0, 0.1) is 0 Å². The Hall–Kier alpha value is -1.52. The summed E-state index contributed by atoms with van der Waals surface area (Å²) in [6.45, 7) is 2.05. The number of hydrogen-bond donors (Lipinski definition) is 2. The number of hydrogen-bond acceptors (Lipinski definition) is 3. The molecule has 1 unspecified atom stereocenters. The van der Waals surface area contributed by atoms with E-state index in [9.17, 15) is 4.79 Å². The SMILES string of the molecule is CC(Nc1ccccc1CC(N)=O)c1csc(Cl)c1. The van der Waals surface area contributed by atoms with Crippen molar-refractivity contribution in [3.8, 4) is 0 Å². The van der Waals surface area contributed by atoms with Gasteiger partial charge in [0.25, 0.3) is 0 Å². The van der Waals surface area contributed by atoms with Gasteiger partial charge in [-0.15, -0.1) is 11.3 Å². The molecule has 0 bridgehead atoms.